The van der Waals surface area contributed by atoms with Gasteiger partial charge >= 0.3 is 0 Å². The maximum atomic E-state index is 5.31. The standard InChI is InChI=1S/C3H8ClNS2/c4-2-1-3(5,6)7/h6-7H,1-2,5H2. The summed E-state index contributed by atoms with van der Waals surface area (Å²) in [5.41, 5.74) is 5.29. The minimum Gasteiger partial charge on any atom is -0.309 e. The van der Waals surface area contributed by atoms with E-state index < -0.39 is 4.20 Å². The molecule has 7 heavy (non-hydrogen) atoms. The van der Waals surface area contributed by atoms with E-state index in [1.165, 1.54) is 0 Å². The lowest BCUT2D eigenvalue weighted by molar-refractivity contribution is 0.828. The van der Waals surface area contributed by atoms with Gasteiger partial charge in [-0.1, -0.05) is 0 Å². The highest BCUT2D eigenvalue weighted by Gasteiger charge is 2.09. The molecule has 0 saturated carbocycles. The zero-order valence-electron chi connectivity index (χ0n) is 3.76. The number of hydrogen-bond acceptors (Lipinski definition) is 3. The summed E-state index contributed by atoms with van der Waals surface area (Å²) in [5.74, 6) is 0.503. The van der Waals surface area contributed by atoms with Gasteiger partial charge < -0.3 is 5.73 Å². The van der Waals surface area contributed by atoms with Crippen molar-refractivity contribution in [1.29, 1.82) is 0 Å². The van der Waals surface area contributed by atoms with Crippen LogP contribution in [-0.4, -0.2) is 10.1 Å². The molecule has 0 radical (unpaired) electrons. The minimum absolute atomic E-state index is 0.503. The van der Waals surface area contributed by atoms with E-state index >= 15 is 0 Å². The lowest BCUT2D eigenvalue weighted by Gasteiger charge is -2.12. The molecule has 0 aliphatic heterocycles. The Morgan fingerprint density at radius 1 is 1.57 bits per heavy atom. The molecule has 0 aliphatic carbocycles. The number of nitrogens with two attached hydrogens (primary N) is 1. The maximum absolute atomic E-state index is 5.31. The van der Waals surface area contributed by atoms with Gasteiger partial charge in [0.1, 0.15) is 4.20 Å². The molecule has 0 unspecified atom stereocenters. The predicted octanol–water partition coefficient (Wildman–Crippen LogP) is 1.09. The highest BCUT2D eigenvalue weighted by molar-refractivity contribution is 8.00. The molecule has 0 amide bonds. The molecule has 1 nitrogen and oxygen atoms in total. The third kappa shape index (κ3) is 6.95. The summed E-state index contributed by atoms with van der Waals surface area (Å²) in [6.45, 7) is 0. The molecule has 0 aromatic heterocycles. The van der Waals surface area contributed by atoms with Gasteiger partial charge in [0.25, 0.3) is 0 Å². The smallest absolute Gasteiger partial charge is 0.104 e. The third-order valence-corrected chi connectivity index (χ3v) is 1.10. The van der Waals surface area contributed by atoms with Crippen LogP contribution in [0.25, 0.3) is 0 Å². The van der Waals surface area contributed by atoms with E-state index in [1.807, 2.05) is 0 Å². The Bertz CT molecular complexity index is 51.4. The van der Waals surface area contributed by atoms with Crippen molar-refractivity contribution in [3.8, 4) is 0 Å². The average molecular weight is 158 g/mol. The Morgan fingerprint density at radius 3 is 2.00 bits per heavy atom. The molecule has 0 fully saturated rings. The first-order valence-corrected chi connectivity index (χ1v) is 3.29. The SMILES string of the molecule is NC(S)(S)CCCl. The van der Waals surface area contributed by atoms with Crippen molar-refractivity contribution in [2.24, 2.45) is 5.73 Å². The summed E-state index contributed by atoms with van der Waals surface area (Å²) in [7, 11) is 0. The van der Waals surface area contributed by atoms with Crippen molar-refractivity contribution in [1.82, 2.24) is 0 Å². The molecular weight excluding hydrogens is 150 g/mol. The van der Waals surface area contributed by atoms with Gasteiger partial charge in [0, 0.05) is 5.88 Å². The number of rotatable bonds is 2. The molecule has 2 N–H and O–H groups in total. The van der Waals surface area contributed by atoms with E-state index in [9.17, 15) is 0 Å². The van der Waals surface area contributed by atoms with Gasteiger partial charge in [-0.05, 0) is 6.42 Å². The van der Waals surface area contributed by atoms with E-state index in [0.717, 1.165) is 0 Å². The van der Waals surface area contributed by atoms with Crippen LogP contribution < -0.4 is 5.73 Å². The second-order valence-corrected chi connectivity index (χ2v) is 3.64. The molecule has 0 atom stereocenters. The van der Waals surface area contributed by atoms with Gasteiger partial charge in [0.15, 0.2) is 0 Å². The first-order chi connectivity index (χ1) is 3.06. The van der Waals surface area contributed by atoms with Crippen LogP contribution in [-0.2, 0) is 0 Å². The Labute approximate surface area is 59.4 Å². The number of alkyl halides is 1. The van der Waals surface area contributed by atoms with E-state index in [-0.39, 0.29) is 0 Å². The predicted molar refractivity (Wildman–Crippen MR) is 40.2 cm³/mol. The van der Waals surface area contributed by atoms with Gasteiger partial charge in [0.05, 0.1) is 0 Å². The number of thiol groups is 2. The van der Waals surface area contributed by atoms with Crippen LogP contribution in [0.3, 0.4) is 0 Å². The van der Waals surface area contributed by atoms with Crippen molar-refractivity contribution >= 4 is 36.9 Å². The van der Waals surface area contributed by atoms with Crippen LogP contribution in [0.4, 0.5) is 0 Å². The van der Waals surface area contributed by atoms with Crippen molar-refractivity contribution in [2.45, 2.75) is 10.6 Å². The van der Waals surface area contributed by atoms with Gasteiger partial charge in [-0.3, -0.25) is 0 Å². The van der Waals surface area contributed by atoms with Crippen LogP contribution >= 0.6 is 36.9 Å². The van der Waals surface area contributed by atoms with Crippen LogP contribution in [0.2, 0.25) is 0 Å². The Balaban J connectivity index is 3.15. The second kappa shape index (κ2) is 3.07. The zero-order valence-corrected chi connectivity index (χ0v) is 6.31. The molecule has 4 heteroatoms. The van der Waals surface area contributed by atoms with Gasteiger partial charge in [0.2, 0.25) is 0 Å². The fourth-order valence-electron chi connectivity index (χ4n) is 0.139. The third-order valence-electron chi connectivity index (χ3n) is 0.462. The van der Waals surface area contributed by atoms with Crippen LogP contribution in [0, 0.1) is 0 Å². The fourth-order valence-corrected chi connectivity index (χ4v) is 0.924. The zero-order chi connectivity index (χ0) is 5.91. The molecule has 0 aliphatic rings. The monoisotopic (exact) mass is 157 g/mol. The maximum Gasteiger partial charge on any atom is 0.104 e. The molecule has 0 saturated heterocycles. The second-order valence-electron chi connectivity index (χ2n) is 1.32. The summed E-state index contributed by atoms with van der Waals surface area (Å²) < 4.78 is -0.693. The summed E-state index contributed by atoms with van der Waals surface area (Å²) in [4.78, 5) is 0. The van der Waals surface area contributed by atoms with Crippen LogP contribution in [0.1, 0.15) is 6.42 Å². The molecule has 44 valence electrons. The molecule has 0 heterocycles. The average Bonchev–Trinajstić information content (AvgIpc) is 1.30. The van der Waals surface area contributed by atoms with E-state index in [0.29, 0.717) is 12.3 Å². The highest BCUT2D eigenvalue weighted by atomic mass is 35.5. The first kappa shape index (κ1) is 7.95. The Hall–Kier alpha value is 0.950. The van der Waals surface area contributed by atoms with Crippen LogP contribution in [0.15, 0.2) is 0 Å². The lowest BCUT2D eigenvalue weighted by Crippen LogP contribution is -2.25. The van der Waals surface area contributed by atoms with Crippen molar-refractivity contribution in [3.63, 3.8) is 0 Å². The molecule has 0 spiro atoms. The summed E-state index contributed by atoms with van der Waals surface area (Å²) >= 11 is 13.1. The fraction of sp³-hybridized carbons (Fsp3) is 1.00. The van der Waals surface area contributed by atoms with E-state index in [4.69, 9.17) is 17.3 Å². The largest absolute Gasteiger partial charge is 0.309 e. The molecule has 0 aromatic rings. The van der Waals surface area contributed by atoms with Gasteiger partial charge in [-0.15, -0.1) is 36.9 Å². The van der Waals surface area contributed by atoms with Crippen molar-refractivity contribution < 1.29 is 0 Å². The van der Waals surface area contributed by atoms with E-state index in [1.54, 1.807) is 0 Å². The van der Waals surface area contributed by atoms with Gasteiger partial charge in [-0.2, -0.15) is 0 Å². The summed E-state index contributed by atoms with van der Waals surface area (Å²) in [6, 6.07) is 0. The van der Waals surface area contributed by atoms with Gasteiger partial charge in [-0.25, -0.2) is 0 Å². The van der Waals surface area contributed by atoms with Crippen molar-refractivity contribution in [2.75, 3.05) is 5.88 Å². The van der Waals surface area contributed by atoms with Crippen LogP contribution in [0.5, 0.6) is 0 Å². The molecule has 0 bridgehead atoms. The Kier molecular flexibility index (Phi) is 3.49. The number of hydrogen-bond donors (Lipinski definition) is 3. The quantitative estimate of drug-likeness (QED) is 0.312. The molecular formula is C3H8ClNS2. The van der Waals surface area contributed by atoms with Crippen molar-refractivity contribution in [3.05, 3.63) is 0 Å². The molecule has 0 aromatic carbocycles. The normalized spacial score (nSPS) is 12.0. The summed E-state index contributed by atoms with van der Waals surface area (Å²) in [5, 5.41) is 0. The summed E-state index contributed by atoms with van der Waals surface area (Å²) in [6.07, 6.45) is 0.612. The topological polar surface area (TPSA) is 26.0 Å². The van der Waals surface area contributed by atoms with E-state index in [2.05, 4.69) is 25.3 Å². The Morgan fingerprint density at radius 2 is 2.00 bits per heavy atom. The first-order valence-electron chi connectivity index (χ1n) is 1.86. The lowest BCUT2D eigenvalue weighted by atomic mass is 10.5. The molecule has 0 rings (SSSR count). The minimum atomic E-state index is -0.693. The highest BCUT2D eigenvalue weighted by Crippen LogP contribution is 2.15. The number of halogens is 1.